The van der Waals surface area contributed by atoms with E-state index in [1.807, 2.05) is 30.3 Å². The highest BCUT2D eigenvalue weighted by Crippen LogP contribution is 2.31. The summed E-state index contributed by atoms with van der Waals surface area (Å²) in [7, 11) is 0. The summed E-state index contributed by atoms with van der Waals surface area (Å²) in [5, 5.41) is 10.6. The van der Waals surface area contributed by atoms with E-state index in [-0.39, 0.29) is 5.82 Å². The minimum absolute atomic E-state index is 0.313. The van der Waals surface area contributed by atoms with Gasteiger partial charge in [0, 0.05) is 15.4 Å². The fraction of sp³-hybridized carbons (Fsp3) is 0.200. The quantitative estimate of drug-likeness (QED) is 0.801. The molecule has 2 rings (SSSR count). The van der Waals surface area contributed by atoms with Gasteiger partial charge in [-0.3, -0.25) is 0 Å². The Balaban J connectivity index is 2.33. The molecule has 1 atom stereocenters. The molecule has 2 aromatic carbocycles. The summed E-state index contributed by atoms with van der Waals surface area (Å²) in [6.07, 6.45) is 0.339. The van der Waals surface area contributed by atoms with E-state index in [0.29, 0.717) is 10.9 Å². The van der Waals surface area contributed by atoms with Crippen molar-refractivity contribution < 1.29 is 9.50 Å². The molecule has 2 aromatic rings. The van der Waals surface area contributed by atoms with Gasteiger partial charge in [0.2, 0.25) is 0 Å². The van der Waals surface area contributed by atoms with Gasteiger partial charge in [0.15, 0.2) is 0 Å². The van der Waals surface area contributed by atoms with Gasteiger partial charge in [-0.05, 0) is 42.3 Å². The summed E-state index contributed by atoms with van der Waals surface area (Å²) in [6.45, 7) is 1.73. The van der Waals surface area contributed by atoms with Gasteiger partial charge >= 0.3 is 0 Å². The van der Waals surface area contributed by atoms with E-state index in [4.69, 9.17) is 0 Å². The summed E-state index contributed by atoms with van der Waals surface area (Å²) < 4.78 is 14.9. The minimum Gasteiger partial charge on any atom is -0.385 e. The van der Waals surface area contributed by atoms with Gasteiger partial charge in [0.25, 0.3) is 0 Å². The van der Waals surface area contributed by atoms with Gasteiger partial charge in [0.05, 0.1) is 5.60 Å². The molecule has 1 N–H and O–H groups in total. The van der Waals surface area contributed by atoms with E-state index in [9.17, 15) is 9.50 Å². The molecule has 0 saturated carbocycles. The summed E-state index contributed by atoms with van der Waals surface area (Å²) in [5.41, 5.74) is 0.468. The Morgan fingerprint density at radius 2 is 1.84 bits per heavy atom. The van der Waals surface area contributed by atoms with Crippen LogP contribution >= 0.6 is 31.9 Å². The maximum absolute atomic E-state index is 13.4. The van der Waals surface area contributed by atoms with Crippen LogP contribution in [-0.2, 0) is 12.0 Å². The third-order valence-corrected chi connectivity index (χ3v) is 4.07. The molecule has 0 saturated heterocycles. The van der Waals surface area contributed by atoms with Crippen LogP contribution in [0.2, 0.25) is 0 Å². The smallest absolute Gasteiger partial charge is 0.124 e. The van der Waals surface area contributed by atoms with Crippen LogP contribution < -0.4 is 0 Å². The van der Waals surface area contributed by atoms with Crippen LogP contribution in [-0.4, -0.2) is 5.11 Å². The van der Waals surface area contributed by atoms with Gasteiger partial charge in [-0.15, -0.1) is 0 Å². The molecule has 0 aliphatic heterocycles. The normalized spacial score (nSPS) is 14.2. The number of hydrogen-bond donors (Lipinski definition) is 1. The van der Waals surface area contributed by atoms with E-state index >= 15 is 0 Å². The second kappa shape index (κ2) is 5.73. The molecule has 4 heteroatoms. The van der Waals surface area contributed by atoms with Gasteiger partial charge in [-0.1, -0.05) is 50.1 Å². The van der Waals surface area contributed by atoms with Crippen molar-refractivity contribution in [2.45, 2.75) is 18.9 Å². The SMILES string of the molecule is CC(O)(Cc1cc(F)cc(Br)c1)c1ccccc1Br. The molecule has 19 heavy (non-hydrogen) atoms. The van der Waals surface area contributed by atoms with Crippen molar-refractivity contribution in [2.24, 2.45) is 0 Å². The molecule has 100 valence electrons. The van der Waals surface area contributed by atoms with Crippen molar-refractivity contribution in [3.05, 3.63) is 68.4 Å². The first-order valence-electron chi connectivity index (χ1n) is 5.81. The van der Waals surface area contributed by atoms with E-state index in [0.717, 1.165) is 15.6 Å². The van der Waals surface area contributed by atoms with Crippen molar-refractivity contribution >= 4 is 31.9 Å². The van der Waals surface area contributed by atoms with Crippen LogP contribution in [0, 0.1) is 5.82 Å². The lowest BCUT2D eigenvalue weighted by atomic mass is 9.89. The zero-order valence-corrected chi connectivity index (χ0v) is 13.5. The van der Waals surface area contributed by atoms with Gasteiger partial charge in [-0.25, -0.2) is 4.39 Å². The van der Waals surface area contributed by atoms with Crippen molar-refractivity contribution in [2.75, 3.05) is 0 Å². The van der Waals surface area contributed by atoms with Crippen LogP contribution in [0.25, 0.3) is 0 Å². The number of halogens is 3. The van der Waals surface area contributed by atoms with E-state index in [1.54, 1.807) is 6.92 Å². The second-order valence-electron chi connectivity index (χ2n) is 4.71. The molecule has 1 nitrogen and oxygen atoms in total. The number of rotatable bonds is 3. The summed E-state index contributed by atoms with van der Waals surface area (Å²) >= 11 is 6.69. The first-order valence-corrected chi connectivity index (χ1v) is 7.39. The number of hydrogen-bond acceptors (Lipinski definition) is 1. The lowest BCUT2D eigenvalue weighted by Gasteiger charge is -2.25. The highest BCUT2D eigenvalue weighted by Gasteiger charge is 2.25. The summed E-state index contributed by atoms with van der Waals surface area (Å²) in [5.74, 6) is -0.313. The topological polar surface area (TPSA) is 20.2 Å². The average molecular weight is 388 g/mol. The van der Waals surface area contributed by atoms with Crippen LogP contribution in [0.1, 0.15) is 18.1 Å². The second-order valence-corrected chi connectivity index (χ2v) is 6.48. The average Bonchev–Trinajstić information content (AvgIpc) is 2.26. The number of aliphatic hydroxyl groups is 1. The molecule has 0 bridgehead atoms. The van der Waals surface area contributed by atoms with Crippen molar-refractivity contribution in [3.8, 4) is 0 Å². The molecule has 0 heterocycles. The molecule has 1 unspecified atom stereocenters. The molecule has 0 fully saturated rings. The minimum atomic E-state index is -1.06. The van der Waals surface area contributed by atoms with Crippen LogP contribution in [0.4, 0.5) is 4.39 Å². The molecule has 0 radical (unpaired) electrons. The monoisotopic (exact) mass is 386 g/mol. The summed E-state index contributed by atoms with van der Waals surface area (Å²) in [6, 6.07) is 12.2. The van der Waals surface area contributed by atoms with Crippen LogP contribution in [0.3, 0.4) is 0 Å². The Bertz CT molecular complexity index is 576. The molecule has 0 amide bonds. The van der Waals surface area contributed by atoms with Gasteiger partial charge in [0.1, 0.15) is 5.82 Å². The zero-order chi connectivity index (χ0) is 14.0. The largest absolute Gasteiger partial charge is 0.385 e. The fourth-order valence-corrected chi connectivity index (χ4v) is 3.33. The third kappa shape index (κ3) is 3.65. The Morgan fingerprint density at radius 1 is 1.16 bits per heavy atom. The van der Waals surface area contributed by atoms with Crippen LogP contribution in [0.15, 0.2) is 51.4 Å². The van der Waals surface area contributed by atoms with Crippen LogP contribution in [0.5, 0.6) is 0 Å². The summed E-state index contributed by atoms with van der Waals surface area (Å²) in [4.78, 5) is 0. The number of benzene rings is 2. The molecular weight excluding hydrogens is 375 g/mol. The first-order chi connectivity index (χ1) is 8.88. The Labute approximate surface area is 128 Å². The van der Waals surface area contributed by atoms with E-state index < -0.39 is 5.60 Å². The maximum Gasteiger partial charge on any atom is 0.124 e. The molecular formula is C15H13Br2FO. The standard InChI is InChI=1S/C15H13Br2FO/c1-15(19,13-4-2-3-5-14(13)17)9-10-6-11(16)8-12(18)7-10/h2-8,19H,9H2,1H3. The highest BCUT2D eigenvalue weighted by molar-refractivity contribution is 9.10. The molecule has 0 aromatic heterocycles. The van der Waals surface area contributed by atoms with Gasteiger partial charge in [-0.2, -0.15) is 0 Å². The maximum atomic E-state index is 13.4. The third-order valence-electron chi connectivity index (χ3n) is 2.92. The predicted molar refractivity (Wildman–Crippen MR) is 81.5 cm³/mol. The van der Waals surface area contributed by atoms with Crippen molar-refractivity contribution in [1.29, 1.82) is 0 Å². The first kappa shape index (κ1) is 14.7. The Kier molecular flexibility index (Phi) is 4.43. The molecule has 0 spiro atoms. The van der Waals surface area contributed by atoms with Gasteiger partial charge < -0.3 is 5.11 Å². The lowest BCUT2D eigenvalue weighted by molar-refractivity contribution is 0.0568. The molecule has 0 aliphatic carbocycles. The van der Waals surface area contributed by atoms with E-state index in [1.165, 1.54) is 12.1 Å². The lowest BCUT2D eigenvalue weighted by Crippen LogP contribution is -2.24. The Hall–Kier alpha value is -0.710. The van der Waals surface area contributed by atoms with Crippen molar-refractivity contribution in [1.82, 2.24) is 0 Å². The predicted octanol–water partition coefficient (Wildman–Crippen LogP) is 4.80. The van der Waals surface area contributed by atoms with Crippen molar-refractivity contribution in [3.63, 3.8) is 0 Å². The van der Waals surface area contributed by atoms with E-state index in [2.05, 4.69) is 31.9 Å². The fourth-order valence-electron chi connectivity index (χ4n) is 2.10. The zero-order valence-electron chi connectivity index (χ0n) is 10.3. The molecule has 0 aliphatic rings. The Morgan fingerprint density at radius 3 is 2.47 bits per heavy atom. The highest BCUT2D eigenvalue weighted by atomic mass is 79.9.